The number of phenolic OH excluding ortho intramolecular Hbond substituents is 1. The quantitative estimate of drug-likeness (QED) is 0.116. The first-order valence-corrected chi connectivity index (χ1v) is 14.8. The van der Waals surface area contributed by atoms with E-state index < -0.39 is 0 Å². The molecule has 0 amide bonds. The summed E-state index contributed by atoms with van der Waals surface area (Å²) in [7, 11) is 2.15. The minimum Gasteiger partial charge on any atom is -0.507 e. The fraction of sp³-hybridized carbons (Fsp3) is 0.0811. The number of phenols is 1. The Morgan fingerprint density at radius 3 is 2.36 bits per heavy atom. The number of fused-ring (bicyclic) bond motifs is 11. The van der Waals surface area contributed by atoms with Crippen LogP contribution in [0.1, 0.15) is 11.1 Å². The molecule has 0 aliphatic carbocycles. The number of aromatic hydroxyl groups is 1. The van der Waals surface area contributed by atoms with Crippen LogP contribution in [0.25, 0.3) is 61.0 Å². The molecule has 0 saturated heterocycles. The second-order valence-electron chi connectivity index (χ2n) is 11.7. The summed E-state index contributed by atoms with van der Waals surface area (Å²) >= 11 is 0. The van der Waals surface area contributed by atoms with E-state index in [1.165, 1.54) is 16.6 Å². The van der Waals surface area contributed by atoms with Crippen LogP contribution in [0.2, 0.25) is 0 Å². The maximum atomic E-state index is 11.1. The number of hydrogen-bond acceptors (Lipinski definition) is 4. The van der Waals surface area contributed by atoms with Crippen molar-refractivity contribution >= 4 is 56.5 Å². The van der Waals surface area contributed by atoms with Crippen molar-refractivity contribution < 1.29 is 26.2 Å². The summed E-state index contributed by atoms with van der Waals surface area (Å²) in [6, 6.07) is 36.4. The Labute approximate surface area is 275 Å². The molecule has 0 bridgehead atoms. The van der Waals surface area contributed by atoms with Crippen molar-refractivity contribution in [2.24, 2.45) is 0 Å². The monoisotopic (exact) mass is 763 g/mol. The second-order valence-corrected chi connectivity index (χ2v) is 11.7. The van der Waals surface area contributed by atoms with E-state index in [0.717, 1.165) is 66.7 Å². The first-order valence-electron chi connectivity index (χ1n) is 14.8. The van der Waals surface area contributed by atoms with Crippen molar-refractivity contribution in [2.45, 2.75) is 13.8 Å². The zero-order valence-corrected chi connectivity index (χ0v) is 27.2. The molecule has 6 nitrogen and oxygen atoms in total. The largest absolute Gasteiger partial charge is 0.507 e. The first kappa shape index (κ1) is 27.7. The van der Waals surface area contributed by atoms with Crippen molar-refractivity contribution in [3.05, 3.63) is 120 Å². The molecule has 0 atom stereocenters. The van der Waals surface area contributed by atoms with Gasteiger partial charge in [0.15, 0.2) is 0 Å². The van der Waals surface area contributed by atoms with Gasteiger partial charge in [0.2, 0.25) is 0 Å². The summed E-state index contributed by atoms with van der Waals surface area (Å²) in [5, 5.41) is 13.9. The fourth-order valence-electron chi connectivity index (χ4n) is 7.29. The van der Waals surface area contributed by atoms with Crippen LogP contribution in [0.3, 0.4) is 0 Å². The van der Waals surface area contributed by atoms with Gasteiger partial charge in [0.25, 0.3) is 0 Å². The number of anilines is 1. The Morgan fingerprint density at radius 2 is 1.51 bits per heavy atom. The van der Waals surface area contributed by atoms with Crippen LogP contribution in [-0.2, 0) is 21.1 Å². The summed E-state index contributed by atoms with van der Waals surface area (Å²) in [5.74, 6) is 1.11. The van der Waals surface area contributed by atoms with Crippen molar-refractivity contribution in [1.82, 2.24) is 18.8 Å². The molecular formula is C37H27BN5OPt-. The van der Waals surface area contributed by atoms with Crippen LogP contribution in [0, 0.1) is 19.9 Å². The van der Waals surface area contributed by atoms with Gasteiger partial charge in [-0.3, -0.25) is 9.38 Å². The van der Waals surface area contributed by atoms with Crippen LogP contribution < -0.4 is 10.3 Å². The molecule has 0 spiro atoms. The van der Waals surface area contributed by atoms with E-state index in [4.69, 9.17) is 9.97 Å². The number of rotatable bonds is 2. The Bertz CT molecular complexity index is 2460. The van der Waals surface area contributed by atoms with Crippen molar-refractivity contribution in [3.63, 3.8) is 0 Å². The Morgan fingerprint density at radius 1 is 0.778 bits per heavy atom. The van der Waals surface area contributed by atoms with Crippen LogP contribution in [0.4, 0.5) is 5.69 Å². The van der Waals surface area contributed by atoms with Gasteiger partial charge >= 0.3 is 6.98 Å². The van der Waals surface area contributed by atoms with Gasteiger partial charge < -0.3 is 14.4 Å². The van der Waals surface area contributed by atoms with Gasteiger partial charge in [-0.15, -0.1) is 24.3 Å². The fourth-order valence-corrected chi connectivity index (χ4v) is 7.29. The molecule has 1 aliphatic rings. The Balaban J connectivity index is 0.00000300. The first-order chi connectivity index (χ1) is 21.5. The number of imidazole rings is 2. The molecule has 5 aromatic carbocycles. The normalized spacial score (nSPS) is 12.6. The zero-order valence-electron chi connectivity index (χ0n) is 24.9. The summed E-state index contributed by atoms with van der Waals surface area (Å²) < 4.78 is 4.46. The average Bonchev–Trinajstić information content (AvgIpc) is 3.65. The van der Waals surface area contributed by atoms with Gasteiger partial charge in [-0.05, 0) is 49.9 Å². The minimum absolute atomic E-state index is 0. The van der Waals surface area contributed by atoms with Gasteiger partial charge in [-0.25, -0.2) is 4.98 Å². The third-order valence-corrected chi connectivity index (χ3v) is 9.26. The van der Waals surface area contributed by atoms with E-state index in [9.17, 15) is 5.11 Å². The van der Waals surface area contributed by atoms with Crippen LogP contribution >= 0.6 is 0 Å². The number of aryl methyl sites for hydroxylation is 2. The van der Waals surface area contributed by atoms with E-state index in [1.807, 2.05) is 30.3 Å². The van der Waals surface area contributed by atoms with Gasteiger partial charge in [-0.2, -0.15) is 0 Å². The van der Waals surface area contributed by atoms with E-state index in [-0.39, 0.29) is 33.8 Å². The van der Waals surface area contributed by atoms with E-state index >= 15 is 0 Å². The third kappa shape index (κ3) is 3.80. The molecule has 3 aromatic heterocycles. The average molecular weight is 764 g/mol. The zero-order chi connectivity index (χ0) is 29.7. The Hall–Kier alpha value is -4.87. The van der Waals surface area contributed by atoms with Crippen LogP contribution in [-0.4, -0.2) is 38.0 Å². The Kier molecular flexibility index (Phi) is 6.20. The number of pyridine rings is 1. The molecule has 220 valence electrons. The van der Waals surface area contributed by atoms with Gasteiger partial charge in [0.1, 0.15) is 11.4 Å². The summed E-state index contributed by atoms with van der Waals surface area (Å²) in [5.41, 5.74) is 11.2. The van der Waals surface area contributed by atoms with E-state index in [2.05, 4.69) is 108 Å². The van der Waals surface area contributed by atoms with Gasteiger partial charge in [0, 0.05) is 44.0 Å². The predicted molar refractivity (Wildman–Crippen MR) is 180 cm³/mol. The predicted octanol–water partition coefficient (Wildman–Crippen LogP) is 7.14. The molecule has 8 heteroatoms. The number of benzene rings is 5. The van der Waals surface area contributed by atoms with Crippen molar-refractivity contribution in [3.8, 4) is 28.4 Å². The van der Waals surface area contributed by atoms with E-state index in [0.29, 0.717) is 0 Å². The smallest absolute Gasteiger partial charge is 0.399 e. The molecule has 0 unspecified atom stereocenters. The standard InChI is InChI=1S/C37H27BN5O.Pt/c1-22-11-8-12-23(2)34(22)38-41(3)29-17-6-5-14-27(29)36-39-28(21-42(36)38)26-16-9-19-31-35(26)40-37-33-25(15-10-20-32(33)44)24-13-4-7-18-30(24)43(31)37;/h4-13,15-21,44H,1-3H3;/q-1;. The van der Waals surface area contributed by atoms with Crippen molar-refractivity contribution in [2.75, 3.05) is 11.9 Å². The molecule has 1 aliphatic heterocycles. The van der Waals surface area contributed by atoms with Crippen LogP contribution in [0.5, 0.6) is 5.75 Å². The molecule has 0 radical (unpaired) electrons. The topological polar surface area (TPSA) is 58.6 Å². The SMILES string of the molecule is Cc1cccc(C)c1B1N(C)c2ccc[c-]c2-c2nc(-c3cccc4c3nc3c5c(O)cccc5c5ccccc5n43)cn21.[Pt]. The summed E-state index contributed by atoms with van der Waals surface area (Å²) in [6.07, 6.45) is 2.17. The molecule has 8 aromatic rings. The number of hydrogen-bond donors (Lipinski definition) is 1. The second kappa shape index (κ2) is 10.1. The van der Waals surface area contributed by atoms with Crippen LogP contribution in [0.15, 0.2) is 103 Å². The molecule has 9 rings (SSSR count). The van der Waals surface area contributed by atoms with Crippen molar-refractivity contribution in [1.29, 1.82) is 0 Å². The number of nitrogens with zero attached hydrogens (tertiary/aromatic N) is 5. The summed E-state index contributed by atoms with van der Waals surface area (Å²) in [6.45, 7) is 4.30. The molecule has 4 heterocycles. The third-order valence-electron chi connectivity index (χ3n) is 9.26. The molecular weight excluding hydrogens is 736 g/mol. The van der Waals surface area contributed by atoms with Gasteiger partial charge in [0.05, 0.1) is 27.6 Å². The maximum absolute atomic E-state index is 11.1. The maximum Gasteiger partial charge on any atom is 0.399 e. The van der Waals surface area contributed by atoms with Gasteiger partial charge in [-0.1, -0.05) is 83.0 Å². The molecule has 45 heavy (non-hydrogen) atoms. The summed E-state index contributed by atoms with van der Waals surface area (Å²) in [4.78, 5) is 12.9. The molecule has 0 saturated carbocycles. The van der Waals surface area contributed by atoms with E-state index in [1.54, 1.807) is 6.07 Å². The molecule has 1 N–H and O–H groups in total. The molecule has 0 fully saturated rings. The number of aromatic nitrogens is 4. The minimum atomic E-state index is -0.0687. The number of para-hydroxylation sites is 2.